The number of benzene rings is 2. The summed E-state index contributed by atoms with van der Waals surface area (Å²) >= 11 is 6.10. The standard InChI is InChI=1S/C26H26ClN3O/c1-15-5-6-16(2)19(11-15)23-20(14-28)25(29)30(18-9-7-17(27)8-10-18)21-12-26(3,4)13-22(31)24(21)23/h5-11,23H,12-13,29H2,1-4H3. The third kappa shape index (κ3) is 3.64. The third-order valence-electron chi connectivity index (χ3n) is 6.21. The Morgan fingerprint density at radius 1 is 1.13 bits per heavy atom. The lowest BCUT2D eigenvalue weighted by Gasteiger charge is -2.44. The van der Waals surface area contributed by atoms with Crippen molar-refractivity contribution in [1.82, 2.24) is 0 Å². The van der Waals surface area contributed by atoms with Gasteiger partial charge in [0, 0.05) is 28.4 Å². The SMILES string of the molecule is Cc1ccc(C)c(C2C(C#N)=C(N)N(c3ccc(Cl)cc3)C3=C2C(=O)CC(C)(C)C3)c1. The van der Waals surface area contributed by atoms with Crippen molar-refractivity contribution in [3.63, 3.8) is 0 Å². The molecule has 0 spiro atoms. The van der Waals surface area contributed by atoms with E-state index in [-0.39, 0.29) is 11.2 Å². The van der Waals surface area contributed by atoms with E-state index in [2.05, 4.69) is 26.0 Å². The molecule has 1 heterocycles. The average Bonchev–Trinajstić information content (AvgIpc) is 2.69. The summed E-state index contributed by atoms with van der Waals surface area (Å²) in [5, 5.41) is 10.8. The van der Waals surface area contributed by atoms with Crippen molar-refractivity contribution in [2.75, 3.05) is 4.90 Å². The Labute approximate surface area is 188 Å². The van der Waals surface area contributed by atoms with E-state index in [1.165, 1.54) is 0 Å². The van der Waals surface area contributed by atoms with Crippen molar-refractivity contribution in [2.45, 2.75) is 46.5 Å². The Bertz CT molecular complexity index is 1180. The fourth-order valence-electron chi connectivity index (χ4n) is 4.78. The molecule has 0 fully saturated rings. The molecule has 0 bridgehead atoms. The molecule has 0 saturated heterocycles. The van der Waals surface area contributed by atoms with Crippen LogP contribution in [0.25, 0.3) is 0 Å². The number of carbonyl (C=O) groups is 1. The van der Waals surface area contributed by atoms with Gasteiger partial charge < -0.3 is 5.73 Å². The summed E-state index contributed by atoms with van der Waals surface area (Å²) in [7, 11) is 0. The monoisotopic (exact) mass is 431 g/mol. The van der Waals surface area contributed by atoms with E-state index >= 15 is 0 Å². The van der Waals surface area contributed by atoms with Gasteiger partial charge in [0.05, 0.1) is 17.6 Å². The molecule has 31 heavy (non-hydrogen) atoms. The number of aryl methyl sites for hydroxylation is 2. The molecule has 0 amide bonds. The predicted molar refractivity (Wildman–Crippen MR) is 124 cm³/mol. The van der Waals surface area contributed by atoms with Crippen LogP contribution in [0.1, 0.15) is 49.3 Å². The van der Waals surface area contributed by atoms with E-state index < -0.39 is 5.92 Å². The molecule has 1 unspecified atom stereocenters. The van der Waals surface area contributed by atoms with Crippen molar-refractivity contribution in [3.05, 3.63) is 86.8 Å². The zero-order valence-electron chi connectivity index (χ0n) is 18.3. The summed E-state index contributed by atoms with van der Waals surface area (Å²) in [6, 6.07) is 15.8. The van der Waals surface area contributed by atoms with Crippen LogP contribution in [0.4, 0.5) is 5.69 Å². The molecule has 4 nitrogen and oxygen atoms in total. The smallest absolute Gasteiger partial charge is 0.162 e. The number of ketones is 1. The Morgan fingerprint density at radius 2 is 1.81 bits per heavy atom. The second-order valence-corrected chi connectivity index (χ2v) is 9.75. The van der Waals surface area contributed by atoms with Crippen LogP contribution in [0.3, 0.4) is 0 Å². The fraction of sp³-hybridized carbons (Fsp3) is 0.308. The van der Waals surface area contributed by atoms with Gasteiger partial charge in [-0.15, -0.1) is 0 Å². The Hall–Kier alpha value is -3.03. The maximum Gasteiger partial charge on any atom is 0.162 e. The molecule has 0 saturated carbocycles. The minimum atomic E-state index is -0.452. The molecule has 5 heteroatoms. The van der Waals surface area contributed by atoms with Gasteiger partial charge in [-0.05, 0) is 61.1 Å². The number of hydrogen-bond acceptors (Lipinski definition) is 4. The van der Waals surface area contributed by atoms with Gasteiger partial charge in [-0.2, -0.15) is 5.26 Å². The van der Waals surface area contributed by atoms with Crippen LogP contribution in [0.2, 0.25) is 5.02 Å². The van der Waals surface area contributed by atoms with Crippen molar-refractivity contribution in [3.8, 4) is 6.07 Å². The lowest BCUT2D eigenvalue weighted by molar-refractivity contribution is -0.118. The molecule has 2 N–H and O–H groups in total. The van der Waals surface area contributed by atoms with Crippen molar-refractivity contribution >= 4 is 23.1 Å². The first-order valence-electron chi connectivity index (χ1n) is 10.4. The number of allylic oxidation sites excluding steroid dienone is 3. The molecular weight excluding hydrogens is 406 g/mol. The summed E-state index contributed by atoms with van der Waals surface area (Å²) in [5.41, 5.74) is 12.3. The molecule has 2 aromatic carbocycles. The highest BCUT2D eigenvalue weighted by atomic mass is 35.5. The Kier molecular flexibility index (Phi) is 5.19. The van der Waals surface area contributed by atoms with Gasteiger partial charge in [-0.25, -0.2) is 0 Å². The maximum absolute atomic E-state index is 13.5. The highest BCUT2D eigenvalue weighted by Crippen LogP contribution is 2.50. The quantitative estimate of drug-likeness (QED) is 0.642. The lowest BCUT2D eigenvalue weighted by Crippen LogP contribution is -2.42. The molecule has 1 atom stereocenters. The van der Waals surface area contributed by atoms with Crippen LogP contribution in [0, 0.1) is 30.6 Å². The number of nitrogens with zero attached hydrogens (tertiary/aromatic N) is 2. The summed E-state index contributed by atoms with van der Waals surface area (Å²) in [6.45, 7) is 8.23. The van der Waals surface area contributed by atoms with Gasteiger partial charge in [0.1, 0.15) is 5.82 Å². The maximum atomic E-state index is 13.5. The van der Waals surface area contributed by atoms with E-state index in [9.17, 15) is 10.1 Å². The highest BCUT2D eigenvalue weighted by molar-refractivity contribution is 6.30. The predicted octanol–water partition coefficient (Wildman–Crippen LogP) is 5.90. The summed E-state index contributed by atoms with van der Waals surface area (Å²) < 4.78 is 0. The summed E-state index contributed by atoms with van der Waals surface area (Å²) in [6.07, 6.45) is 1.14. The van der Waals surface area contributed by atoms with Crippen molar-refractivity contribution in [2.24, 2.45) is 11.1 Å². The first-order chi connectivity index (χ1) is 14.6. The topological polar surface area (TPSA) is 70.1 Å². The molecular formula is C26H26ClN3O. The van der Waals surface area contributed by atoms with Crippen LogP contribution in [-0.2, 0) is 4.79 Å². The van der Waals surface area contributed by atoms with Crippen LogP contribution >= 0.6 is 11.6 Å². The number of hydrogen-bond donors (Lipinski definition) is 1. The third-order valence-corrected chi connectivity index (χ3v) is 6.46. The van der Waals surface area contributed by atoms with Crippen molar-refractivity contribution in [1.29, 1.82) is 5.26 Å². The zero-order chi connectivity index (χ0) is 22.5. The molecule has 2 aliphatic rings. The van der Waals surface area contributed by atoms with Gasteiger partial charge in [-0.1, -0.05) is 49.2 Å². The van der Waals surface area contributed by atoms with E-state index in [1.807, 2.05) is 43.0 Å². The van der Waals surface area contributed by atoms with Crippen LogP contribution in [0.5, 0.6) is 0 Å². The normalized spacial score (nSPS) is 20.6. The summed E-state index contributed by atoms with van der Waals surface area (Å²) in [4.78, 5) is 15.4. The van der Waals surface area contributed by atoms with Gasteiger partial charge >= 0.3 is 0 Å². The number of carbonyl (C=O) groups excluding carboxylic acids is 1. The first-order valence-corrected chi connectivity index (χ1v) is 10.8. The second-order valence-electron chi connectivity index (χ2n) is 9.32. The minimum absolute atomic E-state index is 0.0800. The first kappa shape index (κ1) is 21.2. The molecule has 1 aliphatic carbocycles. The van der Waals surface area contributed by atoms with Crippen LogP contribution in [-0.4, -0.2) is 5.78 Å². The fourth-order valence-corrected chi connectivity index (χ4v) is 4.90. The molecule has 0 aromatic heterocycles. The molecule has 4 rings (SSSR count). The highest BCUT2D eigenvalue weighted by Gasteiger charge is 2.45. The van der Waals surface area contributed by atoms with Crippen LogP contribution in [0.15, 0.2) is 65.1 Å². The minimum Gasteiger partial charge on any atom is -0.384 e. The van der Waals surface area contributed by atoms with Crippen molar-refractivity contribution < 1.29 is 4.79 Å². The molecule has 158 valence electrons. The Balaban J connectivity index is 2.03. The zero-order valence-corrected chi connectivity index (χ0v) is 19.0. The number of halogens is 1. The molecule has 2 aromatic rings. The van der Waals surface area contributed by atoms with Gasteiger partial charge in [0.25, 0.3) is 0 Å². The molecule has 1 aliphatic heterocycles. The summed E-state index contributed by atoms with van der Waals surface area (Å²) in [5.74, 6) is 0.00315. The van der Waals surface area contributed by atoms with E-state index in [4.69, 9.17) is 17.3 Å². The van der Waals surface area contributed by atoms with E-state index in [0.717, 1.165) is 28.1 Å². The van der Waals surface area contributed by atoms with E-state index in [0.29, 0.717) is 34.8 Å². The molecule has 0 radical (unpaired) electrons. The Morgan fingerprint density at radius 3 is 2.45 bits per heavy atom. The number of Topliss-reactive ketones (excluding diaryl/α,β-unsaturated/α-hetero) is 1. The second kappa shape index (κ2) is 7.59. The number of nitrogens with two attached hydrogens (primary N) is 1. The number of anilines is 1. The van der Waals surface area contributed by atoms with Crippen LogP contribution < -0.4 is 10.6 Å². The van der Waals surface area contributed by atoms with Gasteiger partial charge in [0.15, 0.2) is 5.78 Å². The number of nitriles is 1. The largest absolute Gasteiger partial charge is 0.384 e. The van der Waals surface area contributed by atoms with Gasteiger partial charge in [0.2, 0.25) is 0 Å². The average molecular weight is 432 g/mol. The van der Waals surface area contributed by atoms with E-state index in [1.54, 1.807) is 12.1 Å². The van der Waals surface area contributed by atoms with Gasteiger partial charge in [-0.3, -0.25) is 9.69 Å². The lowest BCUT2D eigenvalue weighted by atomic mass is 9.68. The number of rotatable bonds is 2.